The van der Waals surface area contributed by atoms with Gasteiger partial charge in [-0.15, -0.1) is 0 Å². The number of methoxy groups -OCH3 is 1. The summed E-state index contributed by atoms with van der Waals surface area (Å²) >= 11 is 0. The summed E-state index contributed by atoms with van der Waals surface area (Å²) in [6.07, 6.45) is 0. The Balaban J connectivity index is 2.58. The Bertz CT molecular complexity index is 467. The van der Waals surface area contributed by atoms with Crippen molar-refractivity contribution >= 4 is 6.03 Å². The Morgan fingerprint density at radius 2 is 2.10 bits per heavy atom. The average molecular weight is 288 g/mol. The minimum atomic E-state index is -1.64. The maximum absolute atomic E-state index is 13.6. The summed E-state index contributed by atoms with van der Waals surface area (Å²) < 4.78 is 31.1. The lowest BCUT2D eigenvalue weighted by atomic mass is 9.95. The van der Waals surface area contributed by atoms with Crippen molar-refractivity contribution in [2.45, 2.75) is 12.5 Å². The molecule has 0 fully saturated rings. The van der Waals surface area contributed by atoms with E-state index < -0.39 is 23.3 Å². The summed E-state index contributed by atoms with van der Waals surface area (Å²) in [5, 5.41) is 15.0. The molecule has 1 aromatic carbocycles. The van der Waals surface area contributed by atoms with Crippen molar-refractivity contribution in [2.75, 3.05) is 26.8 Å². The van der Waals surface area contributed by atoms with Crippen LogP contribution < -0.4 is 10.6 Å². The molecule has 1 aromatic rings. The third-order valence-corrected chi connectivity index (χ3v) is 2.70. The second-order valence-electron chi connectivity index (χ2n) is 4.50. The van der Waals surface area contributed by atoms with Crippen LogP contribution in [0.3, 0.4) is 0 Å². The van der Waals surface area contributed by atoms with Crippen molar-refractivity contribution in [3.8, 4) is 0 Å². The van der Waals surface area contributed by atoms with Gasteiger partial charge in [-0.3, -0.25) is 0 Å². The molecule has 0 aliphatic rings. The molecule has 2 amide bonds. The summed E-state index contributed by atoms with van der Waals surface area (Å²) in [4.78, 5) is 11.4. The molecule has 0 saturated heterocycles. The quantitative estimate of drug-likeness (QED) is 0.687. The number of rotatable bonds is 6. The van der Waals surface area contributed by atoms with Gasteiger partial charge in [0.2, 0.25) is 0 Å². The zero-order chi connectivity index (χ0) is 15.2. The van der Waals surface area contributed by atoms with E-state index in [9.17, 15) is 18.7 Å². The van der Waals surface area contributed by atoms with Gasteiger partial charge in [-0.2, -0.15) is 0 Å². The highest BCUT2D eigenvalue weighted by Gasteiger charge is 2.27. The highest BCUT2D eigenvalue weighted by atomic mass is 19.1. The molecule has 1 rings (SSSR count). The summed E-state index contributed by atoms with van der Waals surface area (Å²) in [7, 11) is 1.50. The van der Waals surface area contributed by atoms with Gasteiger partial charge < -0.3 is 20.5 Å². The number of benzene rings is 1. The number of carbonyl (C=O) groups excluding carboxylic acids is 1. The van der Waals surface area contributed by atoms with Gasteiger partial charge in [0, 0.05) is 25.3 Å². The number of hydrogen-bond acceptors (Lipinski definition) is 3. The number of nitrogens with one attached hydrogen (secondary N) is 2. The minimum Gasteiger partial charge on any atom is -0.383 e. The Kier molecular flexibility index (Phi) is 5.84. The van der Waals surface area contributed by atoms with E-state index in [1.165, 1.54) is 14.0 Å². The van der Waals surface area contributed by atoms with Crippen molar-refractivity contribution in [3.05, 3.63) is 35.4 Å². The number of hydrogen-bond donors (Lipinski definition) is 3. The van der Waals surface area contributed by atoms with Gasteiger partial charge >= 0.3 is 6.03 Å². The zero-order valence-corrected chi connectivity index (χ0v) is 11.4. The molecule has 0 aliphatic carbocycles. The fraction of sp³-hybridized carbons (Fsp3) is 0.462. The fourth-order valence-corrected chi connectivity index (χ4v) is 1.60. The average Bonchev–Trinajstić information content (AvgIpc) is 2.36. The van der Waals surface area contributed by atoms with E-state index in [2.05, 4.69) is 10.6 Å². The second kappa shape index (κ2) is 7.16. The van der Waals surface area contributed by atoms with Crippen LogP contribution in [0.25, 0.3) is 0 Å². The number of urea groups is 1. The van der Waals surface area contributed by atoms with Crippen molar-refractivity contribution in [1.82, 2.24) is 10.6 Å². The molecule has 5 nitrogen and oxygen atoms in total. The monoisotopic (exact) mass is 288 g/mol. The minimum absolute atomic E-state index is 0.0870. The lowest BCUT2D eigenvalue weighted by molar-refractivity contribution is 0.0554. The normalized spacial score (nSPS) is 13.7. The van der Waals surface area contributed by atoms with Crippen molar-refractivity contribution in [2.24, 2.45) is 0 Å². The first-order chi connectivity index (χ1) is 9.36. The molecule has 20 heavy (non-hydrogen) atoms. The summed E-state index contributed by atoms with van der Waals surface area (Å²) in [6, 6.07) is 2.37. The molecule has 3 N–H and O–H groups in total. The third-order valence-electron chi connectivity index (χ3n) is 2.70. The molecule has 0 saturated carbocycles. The Hall–Kier alpha value is -1.73. The van der Waals surface area contributed by atoms with Gasteiger partial charge in [-0.1, -0.05) is 6.07 Å². The molecule has 112 valence electrons. The topological polar surface area (TPSA) is 70.6 Å². The molecule has 0 heterocycles. The van der Waals surface area contributed by atoms with E-state index in [0.29, 0.717) is 19.2 Å². The number of carbonyl (C=O) groups is 1. The van der Waals surface area contributed by atoms with Crippen molar-refractivity contribution < 1.29 is 23.4 Å². The highest BCUT2D eigenvalue weighted by Crippen LogP contribution is 2.23. The van der Waals surface area contributed by atoms with E-state index in [4.69, 9.17) is 4.74 Å². The van der Waals surface area contributed by atoms with Crippen LogP contribution in [0.4, 0.5) is 13.6 Å². The molecule has 0 bridgehead atoms. The Morgan fingerprint density at radius 3 is 2.70 bits per heavy atom. The number of amides is 2. The molecule has 7 heteroatoms. The van der Waals surface area contributed by atoms with Crippen LogP contribution in [-0.2, 0) is 10.3 Å². The molecule has 0 aromatic heterocycles. The molecular formula is C13H18F2N2O3. The third kappa shape index (κ3) is 4.75. The largest absolute Gasteiger partial charge is 0.383 e. The van der Waals surface area contributed by atoms with Gasteiger partial charge in [-0.05, 0) is 13.0 Å². The van der Waals surface area contributed by atoms with Crippen LogP contribution in [0.5, 0.6) is 0 Å². The summed E-state index contributed by atoms with van der Waals surface area (Å²) in [5.74, 6) is -1.59. The maximum Gasteiger partial charge on any atom is 0.314 e. The summed E-state index contributed by atoms with van der Waals surface area (Å²) in [6.45, 7) is 1.79. The zero-order valence-electron chi connectivity index (χ0n) is 11.4. The van der Waals surface area contributed by atoms with E-state index in [1.54, 1.807) is 0 Å². The van der Waals surface area contributed by atoms with Crippen LogP contribution in [0.1, 0.15) is 12.5 Å². The van der Waals surface area contributed by atoms with Crippen molar-refractivity contribution in [1.29, 1.82) is 0 Å². The number of halogens is 2. The first kappa shape index (κ1) is 16.3. The smallest absolute Gasteiger partial charge is 0.314 e. The first-order valence-electron chi connectivity index (χ1n) is 6.05. The van der Waals surface area contributed by atoms with E-state index in [0.717, 1.165) is 12.1 Å². The van der Waals surface area contributed by atoms with Crippen LogP contribution in [0, 0.1) is 11.6 Å². The molecule has 1 atom stereocenters. The molecule has 1 unspecified atom stereocenters. The van der Waals surface area contributed by atoms with Gasteiger partial charge in [0.25, 0.3) is 0 Å². The van der Waals surface area contributed by atoms with Crippen LogP contribution in [0.2, 0.25) is 0 Å². The summed E-state index contributed by atoms with van der Waals surface area (Å²) in [5.41, 5.74) is -1.73. The van der Waals surface area contributed by atoms with E-state index in [1.807, 2.05) is 0 Å². The molecule has 0 aliphatic heterocycles. The number of aliphatic hydroxyl groups is 1. The van der Waals surface area contributed by atoms with Gasteiger partial charge in [-0.25, -0.2) is 13.6 Å². The van der Waals surface area contributed by atoms with Crippen molar-refractivity contribution in [3.63, 3.8) is 0 Å². The predicted octanol–water partition coefficient (Wildman–Crippen LogP) is 1.12. The number of ether oxygens (including phenoxy) is 1. The van der Waals surface area contributed by atoms with Gasteiger partial charge in [0.05, 0.1) is 13.2 Å². The second-order valence-corrected chi connectivity index (χ2v) is 4.50. The maximum atomic E-state index is 13.6. The van der Waals surface area contributed by atoms with E-state index in [-0.39, 0.29) is 12.1 Å². The van der Waals surface area contributed by atoms with Gasteiger partial charge in [0.1, 0.15) is 17.2 Å². The fourth-order valence-electron chi connectivity index (χ4n) is 1.60. The van der Waals surface area contributed by atoms with Crippen LogP contribution in [0.15, 0.2) is 18.2 Å². The highest BCUT2D eigenvalue weighted by molar-refractivity contribution is 5.73. The SMILES string of the molecule is COCCNC(=O)NCC(C)(O)c1ccc(F)cc1F. The van der Waals surface area contributed by atoms with Crippen LogP contribution >= 0.6 is 0 Å². The van der Waals surface area contributed by atoms with Crippen LogP contribution in [-0.4, -0.2) is 37.9 Å². The lowest BCUT2D eigenvalue weighted by Crippen LogP contribution is -2.44. The molecule has 0 spiro atoms. The van der Waals surface area contributed by atoms with Gasteiger partial charge in [0.15, 0.2) is 0 Å². The van der Waals surface area contributed by atoms with E-state index >= 15 is 0 Å². The molecule has 0 radical (unpaired) electrons. The Labute approximate surface area is 115 Å². The molecular weight excluding hydrogens is 270 g/mol. The lowest BCUT2D eigenvalue weighted by Gasteiger charge is -2.24. The predicted molar refractivity (Wildman–Crippen MR) is 69.2 cm³/mol. The standard InChI is InChI=1S/C13H18F2N2O3/c1-13(19,8-17-12(18)16-5-6-20-2)10-4-3-9(14)7-11(10)15/h3-4,7,19H,5-6,8H2,1-2H3,(H2,16,17,18). The Morgan fingerprint density at radius 1 is 1.40 bits per heavy atom. The first-order valence-corrected chi connectivity index (χ1v) is 6.05.